The zero-order valence-corrected chi connectivity index (χ0v) is 11.7. The monoisotopic (exact) mass is 260 g/mol. The van der Waals surface area contributed by atoms with Gasteiger partial charge in [-0.3, -0.25) is 0 Å². The summed E-state index contributed by atoms with van der Waals surface area (Å²) in [6.45, 7) is 4.80. The maximum Gasteiger partial charge on any atom is 0.0839 e. The highest BCUT2D eigenvalue weighted by molar-refractivity contribution is 5.55. The summed E-state index contributed by atoms with van der Waals surface area (Å²) in [5.41, 5.74) is 2.73. The lowest BCUT2D eigenvalue weighted by Crippen LogP contribution is -2.43. The van der Waals surface area contributed by atoms with E-state index in [1.807, 2.05) is 0 Å². The molecule has 0 bridgehead atoms. The Balaban J connectivity index is 1.62. The quantitative estimate of drug-likeness (QED) is 0.847. The fourth-order valence-electron chi connectivity index (χ4n) is 2.99. The molecule has 0 radical (unpaired) electrons. The van der Waals surface area contributed by atoms with Crippen LogP contribution in [0.2, 0.25) is 0 Å². The minimum absolute atomic E-state index is 0.279. The molecule has 2 atom stereocenters. The number of fused-ring (bicyclic) bond motifs is 1. The summed E-state index contributed by atoms with van der Waals surface area (Å²) < 4.78 is 0. The van der Waals surface area contributed by atoms with Gasteiger partial charge in [-0.1, -0.05) is 25.1 Å². The van der Waals surface area contributed by atoms with Crippen LogP contribution < -0.4 is 10.2 Å². The summed E-state index contributed by atoms with van der Waals surface area (Å²) in [5, 5.41) is 13.6. The van der Waals surface area contributed by atoms with E-state index in [1.165, 1.54) is 24.1 Å². The first-order chi connectivity index (χ1) is 9.22. The third-order valence-electron chi connectivity index (χ3n) is 4.08. The normalized spacial score (nSPS) is 24.1. The van der Waals surface area contributed by atoms with E-state index < -0.39 is 0 Å². The Hall–Kier alpha value is -1.06. The van der Waals surface area contributed by atoms with Crippen molar-refractivity contribution in [2.45, 2.75) is 38.3 Å². The smallest absolute Gasteiger partial charge is 0.0839 e. The van der Waals surface area contributed by atoms with Crippen LogP contribution in [0.5, 0.6) is 0 Å². The number of anilines is 1. The van der Waals surface area contributed by atoms with E-state index in [0.29, 0.717) is 12.0 Å². The van der Waals surface area contributed by atoms with E-state index in [2.05, 4.69) is 41.4 Å². The summed E-state index contributed by atoms with van der Waals surface area (Å²) in [6, 6.07) is 9.27. The fourth-order valence-corrected chi connectivity index (χ4v) is 2.99. The van der Waals surface area contributed by atoms with Crippen molar-refractivity contribution in [3.05, 3.63) is 29.8 Å². The molecule has 1 aromatic carbocycles. The van der Waals surface area contributed by atoms with E-state index in [9.17, 15) is 5.11 Å². The highest BCUT2D eigenvalue weighted by atomic mass is 16.3. The SMILES string of the molecule is CC1Cc2ccccc2N(CC(O)CNC2CC2)C1. The third-order valence-corrected chi connectivity index (χ3v) is 4.08. The van der Waals surface area contributed by atoms with Gasteiger partial charge in [0.1, 0.15) is 0 Å². The molecule has 0 spiro atoms. The van der Waals surface area contributed by atoms with Crippen molar-refractivity contribution in [1.29, 1.82) is 0 Å². The molecule has 2 N–H and O–H groups in total. The van der Waals surface area contributed by atoms with Crippen LogP contribution in [0.1, 0.15) is 25.3 Å². The molecule has 3 nitrogen and oxygen atoms in total. The number of benzene rings is 1. The van der Waals surface area contributed by atoms with Crippen LogP contribution in [-0.4, -0.2) is 36.9 Å². The second-order valence-electron chi connectivity index (χ2n) is 6.18. The highest BCUT2D eigenvalue weighted by Gasteiger charge is 2.25. The van der Waals surface area contributed by atoms with Crippen molar-refractivity contribution in [3.8, 4) is 0 Å². The van der Waals surface area contributed by atoms with Crippen molar-refractivity contribution in [3.63, 3.8) is 0 Å². The lowest BCUT2D eigenvalue weighted by Gasteiger charge is -2.36. The Morgan fingerprint density at radius 2 is 2.16 bits per heavy atom. The average Bonchev–Trinajstić information content (AvgIpc) is 3.20. The number of rotatable bonds is 5. The Morgan fingerprint density at radius 1 is 1.37 bits per heavy atom. The van der Waals surface area contributed by atoms with Crippen LogP contribution >= 0.6 is 0 Å². The molecule has 0 aromatic heterocycles. The Morgan fingerprint density at radius 3 is 2.95 bits per heavy atom. The predicted molar refractivity (Wildman–Crippen MR) is 78.6 cm³/mol. The maximum atomic E-state index is 10.2. The van der Waals surface area contributed by atoms with Gasteiger partial charge in [-0.15, -0.1) is 0 Å². The number of para-hydroxylation sites is 1. The zero-order valence-electron chi connectivity index (χ0n) is 11.7. The van der Waals surface area contributed by atoms with Crippen molar-refractivity contribution < 1.29 is 5.11 Å². The van der Waals surface area contributed by atoms with Gasteiger partial charge in [-0.25, -0.2) is 0 Å². The standard InChI is InChI=1S/C16H24N2O/c1-12-8-13-4-2-3-5-16(13)18(10-12)11-15(19)9-17-14-6-7-14/h2-5,12,14-15,17,19H,6-11H2,1H3. The van der Waals surface area contributed by atoms with Crippen molar-refractivity contribution in [2.75, 3.05) is 24.5 Å². The molecule has 1 aliphatic heterocycles. The van der Waals surface area contributed by atoms with Gasteiger partial charge in [0.2, 0.25) is 0 Å². The second-order valence-corrected chi connectivity index (χ2v) is 6.18. The van der Waals surface area contributed by atoms with Gasteiger partial charge in [0.15, 0.2) is 0 Å². The summed E-state index contributed by atoms with van der Waals surface area (Å²) in [5.74, 6) is 0.665. The molecular formula is C16H24N2O. The van der Waals surface area contributed by atoms with E-state index >= 15 is 0 Å². The molecular weight excluding hydrogens is 236 g/mol. The number of hydrogen-bond donors (Lipinski definition) is 2. The first-order valence-corrected chi connectivity index (χ1v) is 7.46. The largest absolute Gasteiger partial charge is 0.390 e. The van der Waals surface area contributed by atoms with Crippen LogP contribution in [0, 0.1) is 5.92 Å². The Labute approximate surface area is 115 Å². The van der Waals surface area contributed by atoms with Gasteiger partial charge in [-0.05, 0) is 36.8 Å². The van der Waals surface area contributed by atoms with Gasteiger partial charge in [0.25, 0.3) is 0 Å². The average molecular weight is 260 g/mol. The summed E-state index contributed by atoms with van der Waals surface area (Å²) in [7, 11) is 0. The van der Waals surface area contributed by atoms with E-state index in [1.54, 1.807) is 0 Å². The Kier molecular flexibility index (Phi) is 3.76. The molecule has 0 amide bonds. The fraction of sp³-hybridized carbons (Fsp3) is 0.625. The first kappa shape index (κ1) is 12.9. The first-order valence-electron chi connectivity index (χ1n) is 7.46. The molecule has 1 saturated carbocycles. The van der Waals surface area contributed by atoms with Crippen molar-refractivity contribution in [1.82, 2.24) is 5.32 Å². The molecule has 3 rings (SSSR count). The summed E-state index contributed by atoms with van der Waals surface area (Å²) in [4.78, 5) is 2.35. The number of aliphatic hydroxyl groups is 1. The minimum Gasteiger partial charge on any atom is -0.390 e. The topological polar surface area (TPSA) is 35.5 Å². The minimum atomic E-state index is -0.279. The molecule has 2 aliphatic rings. The molecule has 3 heteroatoms. The molecule has 1 aliphatic carbocycles. The molecule has 1 fully saturated rings. The van der Waals surface area contributed by atoms with Crippen LogP contribution in [0.25, 0.3) is 0 Å². The lowest BCUT2D eigenvalue weighted by atomic mass is 9.93. The van der Waals surface area contributed by atoms with E-state index in [4.69, 9.17) is 0 Å². The molecule has 1 aromatic rings. The van der Waals surface area contributed by atoms with Crippen molar-refractivity contribution >= 4 is 5.69 Å². The van der Waals surface area contributed by atoms with Crippen LogP contribution in [0.4, 0.5) is 5.69 Å². The number of nitrogens with zero attached hydrogens (tertiary/aromatic N) is 1. The molecule has 1 heterocycles. The molecule has 2 unspecified atom stereocenters. The lowest BCUT2D eigenvalue weighted by molar-refractivity contribution is 0.174. The van der Waals surface area contributed by atoms with Crippen LogP contribution in [0.3, 0.4) is 0 Å². The van der Waals surface area contributed by atoms with Gasteiger partial charge in [0.05, 0.1) is 6.10 Å². The number of nitrogens with one attached hydrogen (secondary N) is 1. The zero-order chi connectivity index (χ0) is 13.2. The Bertz CT molecular complexity index is 431. The molecule has 0 saturated heterocycles. The molecule has 104 valence electrons. The summed E-state index contributed by atoms with van der Waals surface area (Å²) in [6.07, 6.45) is 3.43. The van der Waals surface area contributed by atoms with Gasteiger partial charge in [0, 0.05) is 31.4 Å². The number of hydrogen-bond acceptors (Lipinski definition) is 3. The van der Waals surface area contributed by atoms with Gasteiger partial charge >= 0.3 is 0 Å². The molecule has 19 heavy (non-hydrogen) atoms. The number of aliphatic hydroxyl groups excluding tert-OH is 1. The van der Waals surface area contributed by atoms with Crippen molar-refractivity contribution in [2.24, 2.45) is 5.92 Å². The maximum absolute atomic E-state index is 10.2. The van der Waals surface area contributed by atoms with Crippen LogP contribution in [-0.2, 0) is 6.42 Å². The van der Waals surface area contributed by atoms with Crippen LogP contribution in [0.15, 0.2) is 24.3 Å². The summed E-state index contributed by atoms with van der Waals surface area (Å²) >= 11 is 0. The van der Waals surface area contributed by atoms with E-state index in [0.717, 1.165) is 26.1 Å². The highest BCUT2D eigenvalue weighted by Crippen LogP contribution is 2.29. The van der Waals surface area contributed by atoms with Gasteiger partial charge in [-0.2, -0.15) is 0 Å². The predicted octanol–water partition coefficient (Wildman–Crippen LogP) is 1.80. The van der Waals surface area contributed by atoms with E-state index in [-0.39, 0.29) is 6.10 Å². The third kappa shape index (κ3) is 3.28. The van der Waals surface area contributed by atoms with Gasteiger partial charge < -0.3 is 15.3 Å². The number of β-amino-alcohol motifs (C(OH)–C–C–N with tert-alkyl or cyclic N) is 1. The second kappa shape index (κ2) is 5.51.